The van der Waals surface area contributed by atoms with Crippen molar-refractivity contribution in [2.75, 3.05) is 6.54 Å². The van der Waals surface area contributed by atoms with Crippen LogP contribution in [-0.4, -0.2) is 34.6 Å². The Morgan fingerprint density at radius 3 is 2.14 bits per heavy atom. The standard InChI is InChI=1S/C18H33NO2/c1-2-3-4-5-6-7-8-11-19-16-9-10-17(19)13-15(12-16)14-18(20)21/h15-17H,2-14H2,1H3,(H,20,21). The Hall–Kier alpha value is -0.570. The third kappa shape index (κ3) is 5.28. The summed E-state index contributed by atoms with van der Waals surface area (Å²) in [5.74, 6) is -0.176. The zero-order valence-corrected chi connectivity index (χ0v) is 13.7. The first kappa shape index (κ1) is 16.8. The van der Waals surface area contributed by atoms with E-state index < -0.39 is 5.97 Å². The fourth-order valence-corrected chi connectivity index (χ4v) is 4.42. The summed E-state index contributed by atoms with van der Waals surface area (Å²) in [6.07, 6.45) is 14.9. The number of rotatable bonds is 10. The maximum atomic E-state index is 10.9. The summed E-state index contributed by atoms with van der Waals surface area (Å²) < 4.78 is 0. The summed E-state index contributed by atoms with van der Waals surface area (Å²) in [6.45, 7) is 3.52. The van der Waals surface area contributed by atoms with E-state index in [1.807, 2.05) is 0 Å². The molecule has 2 aliphatic rings. The van der Waals surface area contributed by atoms with Gasteiger partial charge in [-0.2, -0.15) is 0 Å². The third-order valence-corrected chi connectivity index (χ3v) is 5.47. The second kappa shape index (κ2) is 8.77. The minimum absolute atomic E-state index is 0.387. The van der Waals surface area contributed by atoms with Gasteiger partial charge in [-0.3, -0.25) is 9.69 Å². The zero-order chi connectivity index (χ0) is 15.1. The van der Waals surface area contributed by atoms with Gasteiger partial charge in [-0.15, -0.1) is 0 Å². The van der Waals surface area contributed by atoms with Gasteiger partial charge in [0.2, 0.25) is 0 Å². The van der Waals surface area contributed by atoms with Crippen LogP contribution in [0.15, 0.2) is 0 Å². The minimum Gasteiger partial charge on any atom is -0.481 e. The number of carboxylic acids is 1. The Morgan fingerprint density at radius 2 is 1.57 bits per heavy atom. The Kier molecular flexibility index (Phi) is 7.01. The highest BCUT2D eigenvalue weighted by Crippen LogP contribution is 2.39. The van der Waals surface area contributed by atoms with Gasteiger partial charge in [-0.25, -0.2) is 0 Å². The van der Waals surface area contributed by atoms with Crippen LogP contribution < -0.4 is 0 Å². The number of fused-ring (bicyclic) bond motifs is 2. The molecule has 2 heterocycles. The lowest BCUT2D eigenvalue weighted by molar-refractivity contribution is -0.138. The van der Waals surface area contributed by atoms with Crippen molar-refractivity contribution in [3.63, 3.8) is 0 Å². The smallest absolute Gasteiger partial charge is 0.303 e. The molecule has 3 nitrogen and oxygen atoms in total. The van der Waals surface area contributed by atoms with Crippen LogP contribution in [0.2, 0.25) is 0 Å². The van der Waals surface area contributed by atoms with Gasteiger partial charge in [0.15, 0.2) is 0 Å². The van der Waals surface area contributed by atoms with Crippen molar-refractivity contribution >= 4 is 5.97 Å². The number of hydrogen-bond acceptors (Lipinski definition) is 2. The van der Waals surface area contributed by atoms with E-state index in [1.54, 1.807) is 0 Å². The SMILES string of the molecule is CCCCCCCCCN1C2CCC1CC(CC(=O)O)C2. The molecule has 2 aliphatic heterocycles. The average Bonchev–Trinajstić information content (AvgIpc) is 2.68. The summed E-state index contributed by atoms with van der Waals surface area (Å²) in [4.78, 5) is 13.6. The van der Waals surface area contributed by atoms with E-state index >= 15 is 0 Å². The largest absolute Gasteiger partial charge is 0.481 e. The first-order valence-electron chi connectivity index (χ1n) is 9.18. The van der Waals surface area contributed by atoms with Crippen LogP contribution in [0.25, 0.3) is 0 Å². The molecule has 0 aromatic heterocycles. The van der Waals surface area contributed by atoms with E-state index in [9.17, 15) is 4.79 Å². The Balaban J connectivity index is 1.61. The molecule has 122 valence electrons. The zero-order valence-electron chi connectivity index (χ0n) is 13.7. The number of aliphatic carboxylic acids is 1. The summed E-state index contributed by atoms with van der Waals surface area (Å²) in [6, 6.07) is 1.38. The first-order chi connectivity index (χ1) is 10.2. The minimum atomic E-state index is -0.611. The average molecular weight is 295 g/mol. The van der Waals surface area contributed by atoms with E-state index in [1.165, 1.54) is 64.3 Å². The quantitative estimate of drug-likeness (QED) is 0.605. The molecular weight excluding hydrogens is 262 g/mol. The molecule has 2 bridgehead atoms. The molecule has 3 heteroatoms. The molecule has 0 aliphatic carbocycles. The van der Waals surface area contributed by atoms with E-state index in [0.717, 1.165) is 12.8 Å². The molecule has 2 saturated heterocycles. The lowest BCUT2D eigenvalue weighted by atomic mass is 9.88. The molecule has 0 saturated carbocycles. The fourth-order valence-electron chi connectivity index (χ4n) is 4.42. The molecule has 2 unspecified atom stereocenters. The van der Waals surface area contributed by atoms with Gasteiger partial charge >= 0.3 is 5.97 Å². The lowest BCUT2D eigenvalue weighted by Crippen LogP contribution is -2.43. The molecule has 0 spiro atoms. The molecule has 0 radical (unpaired) electrons. The Labute approximate surface area is 130 Å². The van der Waals surface area contributed by atoms with E-state index in [2.05, 4.69) is 11.8 Å². The number of hydrogen-bond donors (Lipinski definition) is 1. The van der Waals surface area contributed by atoms with Crippen molar-refractivity contribution in [3.8, 4) is 0 Å². The number of nitrogens with zero attached hydrogens (tertiary/aromatic N) is 1. The molecular formula is C18H33NO2. The van der Waals surface area contributed by atoms with E-state index in [-0.39, 0.29) is 0 Å². The van der Waals surface area contributed by atoms with Crippen LogP contribution >= 0.6 is 0 Å². The van der Waals surface area contributed by atoms with Crippen molar-refractivity contribution in [3.05, 3.63) is 0 Å². The predicted octanol–water partition coefficient (Wildman–Crippen LogP) is 4.45. The van der Waals surface area contributed by atoms with Gasteiger partial charge in [0.25, 0.3) is 0 Å². The molecule has 2 rings (SSSR count). The van der Waals surface area contributed by atoms with Crippen molar-refractivity contribution in [2.45, 2.75) is 96.1 Å². The van der Waals surface area contributed by atoms with E-state index in [4.69, 9.17) is 5.11 Å². The van der Waals surface area contributed by atoms with Crippen LogP contribution in [0.3, 0.4) is 0 Å². The van der Waals surface area contributed by atoms with Crippen molar-refractivity contribution in [1.29, 1.82) is 0 Å². The first-order valence-corrected chi connectivity index (χ1v) is 9.18. The number of unbranched alkanes of at least 4 members (excludes halogenated alkanes) is 6. The van der Waals surface area contributed by atoms with Crippen LogP contribution in [-0.2, 0) is 4.79 Å². The Bertz CT molecular complexity index is 304. The maximum absolute atomic E-state index is 10.9. The number of carbonyl (C=O) groups is 1. The summed E-state index contributed by atoms with van der Waals surface area (Å²) in [5.41, 5.74) is 0. The highest BCUT2D eigenvalue weighted by atomic mass is 16.4. The van der Waals surface area contributed by atoms with Gasteiger partial charge in [0.1, 0.15) is 0 Å². The second-order valence-electron chi connectivity index (χ2n) is 7.18. The maximum Gasteiger partial charge on any atom is 0.303 e. The predicted molar refractivity (Wildman–Crippen MR) is 86.5 cm³/mol. The monoisotopic (exact) mass is 295 g/mol. The topological polar surface area (TPSA) is 40.5 Å². The van der Waals surface area contributed by atoms with Crippen molar-refractivity contribution < 1.29 is 9.90 Å². The van der Waals surface area contributed by atoms with Crippen molar-refractivity contribution in [1.82, 2.24) is 4.90 Å². The normalized spacial score (nSPS) is 28.9. The summed E-state index contributed by atoms with van der Waals surface area (Å²) >= 11 is 0. The summed E-state index contributed by atoms with van der Waals surface area (Å²) in [5, 5.41) is 8.97. The summed E-state index contributed by atoms with van der Waals surface area (Å²) in [7, 11) is 0. The highest BCUT2D eigenvalue weighted by molar-refractivity contribution is 5.67. The van der Waals surface area contributed by atoms with Crippen LogP contribution in [0, 0.1) is 5.92 Å². The molecule has 2 atom stereocenters. The molecule has 1 N–H and O–H groups in total. The van der Waals surface area contributed by atoms with Crippen molar-refractivity contribution in [2.24, 2.45) is 5.92 Å². The highest BCUT2D eigenvalue weighted by Gasteiger charge is 2.40. The van der Waals surface area contributed by atoms with Gasteiger partial charge in [-0.05, 0) is 44.6 Å². The van der Waals surface area contributed by atoms with Gasteiger partial charge < -0.3 is 5.11 Å². The molecule has 0 amide bonds. The van der Waals surface area contributed by atoms with Gasteiger partial charge in [-0.1, -0.05) is 45.4 Å². The number of carboxylic acid groups (broad SMARTS) is 1. The molecule has 0 aromatic carbocycles. The fraction of sp³-hybridized carbons (Fsp3) is 0.944. The third-order valence-electron chi connectivity index (χ3n) is 5.47. The van der Waals surface area contributed by atoms with E-state index in [0.29, 0.717) is 24.4 Å². The molecule has 0 aromatic rings. The van der Waals surface area contributed by atoms with Crippen LogP contribution in [0.1, 0.15) is 84.0 Å². The van der Waals surface area contributed by atoms with Crippen LogP contribution in [0.4, 0.5) is 0 Å². The Morgan fingerprint density at radius 1 is 1.00 bits per heavy atom. The lowest BCUT2D eigenvalue weighted by Gasteiger charge is -2.38. The molecule has 21 heavy (non-hydrogen) atoms. The number of piperidine rings is 1. The van der Waals surface area contributed by atoms with Gasteiger partial charge in [0, 0.05) is 18.5 Å². The molecule has 2 fully saturated rings. The van der Waals surface area contributed by atoms with Gasteiger partial charge in [0.05, 0.1) is 0 Å². The van der Waals surface area contributed by atoms with Crippen LogP contribution in [0.5, 0.6) is 0 Å². The second-order valence-corrected chi connectivity index (χ2v) is 7.18.